The zero-order valence-corrected chi connectivity index (χ0v) is 20.2. The van der Waals surface area contributed by atoms with Crippen molar-refractivity contribution < 1.29 is 23.1 Å². The number of urea groups is 1. The molecular formula is C23H24ClF2N7O3. The number of hydrogen-bond acceptors (Lipinski definition) is 6. The standard InChI is InChI=1S/C23H24ClF2N7O3/c1-31-16(8-15-18(24)29-13-30-19(15)31)20(34)32-6-4-23(11-32)5-7-33(12-23)22(35)28-10-14-2-3-17(27-9-14)36-21(25)26/h2-3,8-9,13,21H,4-7,10-12H2,1H3,(H,28,35). The lowest BCUT2D eigenvalue weighted by Gasteiger charge is -2.25. The Kier molecular flexibility index (Phi) is 6.37. The number of amides is 3. The molecule has 2 saturated heterocycles. The molecule has 5 heterocycles. The fourth-order valence-corrected chi connectivity index (χ4v) is 5.17. The molecule has 13 heteroatoms. The van der Waals surface area contributed by atoms with Crippen molar-refractivity contribution in [3.8, 4) is 5.88 Å². The summed E-state index contributed by atoms with van der Waals surface area (Å²) in [6.45, 7) is -0.421. The van der Waals surface area contributed by atoms with Crippen LogP contribution >= 0.6 is 11.6 Å². The molecule has 0 aliphatic carbocycles. The van der Waals surface area contributed by atoms with Crippen LogP contribution in [0, 0.1) is 5.41 Å². The molecule has 3 aromatic rings. The lowest BCUT2D eigenvalue weighted by molar-refractivity contribution is -0.0528. The van der Waals surface area contributed by atoms with Crippen molar-refractivity contribution in [3.63, 3.8) is 0 Å². The van der Waals surface area contributed by atoms with Gasteiger partial charge in [-0.05, 0) is 24.5 Å². The fraction of sp³-hybridized carbons (Fsp3) is 0.435. The number of carbonyl (C=O) groups is 2. The second-order valence-electron chi connectivity index (χ2n) is 9.18. The zero-order valence-electron chi connectivity index (χ0n) is 19.5. The van der Waals surface area contributed by atoms with Crippen LogP contribution in [0.4, 0.5) is 13.6 Å². The van der Waals surface area contributed by atoms with Gasteiger partial charge >= 0.3 is 12.6 Å². The first-order valence-electron chi connectivity index (χ1n) is 11.4. The number of aromatic nitrogens is 4. The van der Waals surface area contributed by atoms with Crippen LogP contribution in [0.1, 0.15) is 28.9 Å². The van der Waals surface area contributed by atoms with Gasteiger partial charge in [-0.1, -0.05) is 17.7 Å². The molecule has 10 nitrogen and oxygen atoms in total. The smallest absolute Gasteiger partial charge is 0.388 e. The van der Waals surface area contributed by atoms with Gasteiger partial charge in [-0.15, -0.1) is 0 Å². The molecule has 36 heavy (non-hydrogen) atoms. The van der Waals surface area contributed by atoms with E-state index in [1.54, 1.807) is 28.6 Å². The molecule has 190 valence electrons. The summed E-state index contributed by atoms with van der Waals surface area (Å²) >= 11 is 6.17. The van der Waals surface area contributed by atoms with E-state index < -0.39 is 6.61 Å². The van der Waals surface area contributed by atoms with Crippen LogP contribution < -0.4 is 10.1 Å². The van der Waals surface area contributed by atoms with Crippen LogP contribution in [0.15, 0.2) is 30.7 Å². The number of pyridine rings is 1. The lowest BCUT2D eigenvalue weighted by atomic mass is 9.86. The predicted octanol–water partition coefficient (Wildman–Crippen LogP) is 3.07. The number of carbonyl (C=O) groups excluding carboxylic acids is 2. The van der Waals surface area contributed by atoms with Crippen molar-refractivity contribution >= 4 is 34.6 Å². The van der Waals surface area contributed by atoms with E-state index in [1.807, 2.05) is 4.90 Å². The van der Waals surface area contributed by atoms with E-state index in [4.69, 9.17) is 11.6 Å². The highest BCUT2D eigenvalue weighted by atomic mass is 35.5. The third-order valence-electron chi connectivity index (χ3n) is 6.90. The minimum atomic E-state index is -2.94. The van der Waals surface area contributed by atoms with Crippen LogP contribution in [-0.2, 0) is 13.6 Å². The highest BCUT2D eigenvalue weighted by molar-refractivity contribution is 6.34. The van der Waals surface area contributed by atoms with Crippen molar-refractivity contribution in [2.45, 2.75) is 26.0 Å². The van der Waals surface area contributed by atoms with Gasteiger partial charge in [0.15, 0.2) is 0 Å². The maximum atomic E-state index is 13.3. The Bertz CT molecular complexity index is 1300. The second kappa shape index (κ2) is 9.49. The first-order valence-corrected chi connectivity index (χ1v) is 11.8. The van der Waals surface area contributed by atoms with Crippen molar-refractivity contribution in [1.29, 1.82) is 0 Å². The number of fused-ring (bicyclic) bond motifs is 1. The average Bonchev–Trinajstić information content (AvgIpc) is 3.57. The van der Waals surface area contributed by atoms with Crippen LogP contribution in [0.3, 0.4) is 0 Å². The molecule has 0 saturated carbocycles. The van der Waals surface area contributed by atoms with Gasteiger partial charge in [-0.25, -0.2) is 19.7 Å². The fourth-order valence-electron chi connectivity index (χ4n) is 4.99. The summed E-state index contributed by atoms with van der Waals surface area (Å²) < 4.78 is 30.5. The minimum Gasteiger partial charge on any atom is -0.417 e. The van der Waals surface area contributed by atoms with E-state index in [0.717, 1.165) is 12.8 Å². The van der Waals surface area contributed by atoms with Crippen molar-refractivity contribution in [3.05, 3.63) is 47.1 Å². The number of ether oxygens (including phenoxy) is 1. The largest absolute Gasteiger partial charge is 0.417 e. The maximum absolute atomic E-state index is 13.3. The monoisotopic (exact) mass is 519 g/mol. The van der Waals surface area contributed by atoms with E-state index in [0.29, 0.717) is 53.6 Å². The molecule has 1 atom stereocenters. The van der Waals surface area contributed by atoms with Gasteiger partial charge in [0.1, 0.15) is 22.8 Å². The van der Waals surface area contributed by atoms with Crippen LogP contribution in [0.2, 0.25) is 5.15 Å². The highest BCUT2D eigenvalue weighted by Gasteiger charge is 2.46. The summed E-state index contributed by atoms with van der Waals surface area (Å²) in [7, 11) is 1.78. The number of rotatable bonds is 5. The number of halogens is 3. The van der Waals surface area contributed by atoms with Gasteiger partial charge in [0.05, 0.1) is 5.39 Å². The number of likely N-dealkylation sites (tertiary alicyclic amines) is 2. The number of alkyl halides is 2. The van der Waals surface area contributed by atoms with Gasteiger partial charge in [0, 0.05) is 57.4 Å². The Labute approximate surface area is 210 Å². The summed E-state index contributed by atoms with van der Waals surface area (Å²) in [6, 6.07) is 4.41. The molecule has 1 N–H and O–H groups in total. The maximum Gasteiger partial charge on any atom is 0.388 e. The highest BCUT2D eigenvalue weighted by Crippen LogP contribution is 2.40. The van der Waals surface area contributed by atoms with Crippen molar-refractivity contribution in [1.82, 2.24) is 34.6 Å². The Balaban J connectivity index is 1.17. The third kappa shape index (κ3) is 4.64. The molecule has 1 unspecified atom stereocenters. The summed E-state index contributed by atoms with van der Waals surface area (Å²) in [5.41, 5.74) is 1.61. The molecule has 2 fully saturated rings. The van der Waals surface area contributed by atoms with E-state index in [-0.39, 0.29) is 29.8 Å². The van der Waals surface area contributed by atoms with Crippen LogP contribution in [0.25, 0.3) is 11.0 Å². The Morgan fingerprint density at radius 1 is 1.17 bits per heavy atom. The summed E-state index contributed by atoms with van der Waals surface area (Å²) in [5, 5.41) is 3.78. The third-order valence-corrected chi connectivity index (χ3v) is 7.20. The van der Waals surface area contributed by atoms with Gasteiger partial charge in [0.2, 0.25) is 5.88 Å². The van der Waals surface area contributed by atoms with Gasteiger partial charge < -0.3 is 24.4 Å². The molecule has 1 spiro atoms. The Morgan fingerprint density at radius 3 is 2.61 bits per heavy atom. The first-order chi connectivity index (χ1) is 17.2. The van der Waals surface area contributed by atoms with E-state index in [1.165, 1.54) is 18.6 Å². The van der Waals surface area contributed by atoms with Crippen molar-refractivity contribution in [2.24, 2.45) is 12.5 Å². The molecule has 0 radical (unpaired) electrons. The van der Waals surface area contributed by atoms with Gasteiger partial charge in [0.25, 0.3) is 5.91 Å². The van der Waals surface area contributed by atoms with E-state index >= 15 is 0 Å². The molecule has 3 aromatic heterocycles. The normalized spacial score (nSPS) is 19.6. The van der Waals surface area contributed by atoms with Gasteiger partial charge in [-0.3, -0.25) is 4.79 Å². The number of nitrogens with zero attached hydrogens (tertiary/aromatic N) is 6. The Morgan fingerprint density at radius 2 is 1.92 bits per heavy atom. The Hall–Kier alpha value is -3.54. The molecule has 0 aromatic carbocycles. The number of nitrogens with one attached hydrogen (secondary N) is 1. The second-order valence-corrected chi connectivity index (χ2v) is 9.54. The van der Waals surface area contributed by atoms with Crippen LogP contribution in [-0.4, -0.2) is 74.0 Å². The van der Waals surface area contributed by atoms with E-state index in [9.17, 15) is 18.4 Å². The molecular weight excluding hydrogens is 496 g/mol. The topological polar surface area (TPSA) is 105 Å². The summed E-state index contributed by atoms with van der Waals surface area (Å²) in [6.07, 6.45) is 4.37. The molecule has 2 aliphatic heterocycles. The number of hydrogen-bond donors (Lipinski definition) is 1. The minimum absolute atomic E-state index is 0.0990. The van der Waals surface area contributed by atoms with E-state index in [2.05, 4.69) is 25.0 Å². The quantitative estimate of drug-likeness (QED) is 0.519. The molecule has 0 bridgehead atoms. The molecule has 5 rings (SSSR count). The molecule has 3 amide bonds. The number of aryl methyl sites for hydroxylation is 1. The lowest BCUT2D eigenvalue weighted by Crippen LogP contribution is -2.40. The summed E-state index contributed by atoms with van der Waals surface area (Å²) in [4.78, 5) is 41.7. The summed E-state index contributed by atoms with van der Waals surface area (Å²) in [5.74, 6) is -0.278. The first kappa shape index (κ1) is 24.2. The predicted molar refractivity (Wildman–Crippen MR) is 126 cm³/mol. The van der Waals surface area contributed by atoms with Gasteiger partial charge in [-0.2, -0.15) is 8.78 Å². The average molecular weight is 520 g/mol. The SMILES string of the molecule is Cn1c(C(=O)N2CCC3(CCN(C(=O)NCc4ccc(OC(F)F)nc4)C3)C2)cc2c(Cl)ncnc21. The van der Waals surface area contributed by atoms with Crippen LogP contribution in [0.5, 0.6) is 5.88 Å². The zero-order chi connectivity index (χ0) is 25.4. The van der Waals surface area contributed by atoms with Crippen molar-refractivity contribution in [2.75, 3.05) is 26.2 Å². The molecule has 2 aliphatic rings.